The first kappa shape index (κ1) is 25.4. The number of amides is 1. The molecule has 2 heterocycles. The molecule has 1 aliphatic heterocycles. The van der Waals surface area contributed by atoms with Gasteiger partial charge in [-0.1, -0.05) is 60.7 Å². The van der Waals surface area contributed by atoms with Gasteiger partial charge in [-0.05, 0) is 93.1 Å². The number of nitrogens with zero attached hydrogens (tertiary/aromatic N) is 1. The number of thiophene rings is 1. The van der Waals surface area contributed by atoms with Crippen molar-refractivity contribution in [2.75, 3.05) is 18.4 Å². The minimum absolute atomic E-state index is 0.0469. The summed E-state index contributed by atoms with van der Waals surface area (Å²) in [7, 11) is 0. The van der Waals surface area contributed by atoms with Crippen LogP contribution < -0.4 is 5.32 Å². The fourth-order valence-electron chi connectivity index (χ4n) is 5.40. The van der Waals surface area contributed by atoms with Crippen molar-refractivity contribution in [2.24, 2.45) is 5.92 Å². The molecule has 1 amide bonds. The van der Waals surface area contributed by atoms with Gasteiger partial charge in [0, 0.05) is 16.0 Å². The van der Waals surface area contributed by atoms with E-state index in [1.54, 1.807) is 23.5 Å². The van der Waals surface area contributed by atoms with Gasteiger partial charge in [-0.3, -0.25) is 9.69 Å². The fourth-order valence-corrected chi connectivity index (χ4v) is 6.49. The van der Waals surface area contributed by atoms with E-state index < -0.39 is 0 Å². The highest BCUT2D eigenvalue weighted by atomic mass is 32.1. The van der Waals surface area contributed by atoms with Crippen LogP contribution >= 0.6 is 11.3 Å². The molecule has 1 aliphatic rings. The summed E-state index contributed by atoms with van der Waals surface area (Å²) >= 11 is 1.62. The number of hydrogen-bond donors (Lipinski definition) is 1. The summed E-state index contributed by atoms with van der Waals surface area (Å²) in [4.78, 5) is 16.8. The van der Waals surface area contributed by atoms with Crippen LogP contribution in [0.3, 0.4) is 0 Å². The van der Waals surface area contributed by atoms with Gasteiger partial charge in [-0.15, -0.1) is 11.3 Å². The van der Waals surface area contributed by atoms with E-state index in [0.29, 0.717) is 11.5 Å². The number of hydrogen-bond acceptors (Lipinski definition) is 3. The molecule has 4 aromatic rings. The van der Waals surface area contributed by atoms with Crippen molar-refractivity contribution < 1.29 is 9.18 Å². The molecule has 3 nitrogen and oxygen atoms in total. The second-order valence-electron chi connectivity index (χ2n) is 9.97. The minimum Gasteiger partial charge on any atom is -0.313 e. The SMILES string of the molecule is Cc1sc(NC(=O)c2ccccc2)c(C(c2ccc(F)cc2)N2CCC(Cc3ccccc3)CC2)c1C. The molecule has 1 saturated heterocycles. The molecule has 1 N–H and O–H groups in total. The molecule has 37 heavy (non-hydrogen) atoms. The monoisotopic (exact) mass is 512 g/mol. The Bertz CT molecular complexity index is 1330. The number of halogens is 1. The topological polar surface area (TPSA) is 32.3 Å². The van der Waals surface area contributed by atoms with Gasteiger partial charge in [-0.2, -0.15) is 0 Å². The third-order valence-corrected chi connectivity index (χ3v) is 8.67. The Hall–Kier alpha value is -3.28. The molecule has 1 unspecified atom stereocenters. The molecular weight excluding hydrogens is 479 g/mol. The zero-order chi connectivity index (χ0) is 25.8. The summed E-state index contributed by atoms with van der Waals surface area (Å²) in [5.41, 5.74) is 5.40. The van der Waals surface area contributed by atoms with Crippen LogP contribution in [0, 0.1) is 25.6 Å². The highest BCUT2D eigenvalue weighted by Gasteiger charge is 2.32. The molecule has 5 rings (SSSR count). The quantitative estimate of drug-likeness (QED) is 0.274. The van der Waals surface area contributed by atoms with Gasteiger partial charge in [-0.25, -0.2) is 4.39 Å². The van der Waals surface area contributed by atoms with E-state index in [2.05, 4.69) is 54.4 Å². The smallest absolute Gasteiger partial charge is 0.256 e. The van der Waals surface area contributed by atoms with Crippen LogP contribution in [0.5, 0.6) is 0 Å². The molecule has 0 aliphatic carbocycles. The van der Waals surface area contributed by atoms with Crippen molar-refractivity contribution in [3.05, 3.63) is 123 Å². The number of aryl methyl sites for hydroxylation is 1. The molecule has 1 fully saturated rings. The lowest BCUT2D eigenvalue weighted by Gasteiger charge is -2.38. The molecule has 3 aromatic carbocycles. The maximum Gasteiger partial charge on any atom is 0.256 e. The van der Waals surface area contributed by atoms with Crippen molar-refractivity contribution in [1.29, 1.82) is 0 Å². The molecule has 0 radical (unpaired) electrons. The van der Waals surface area contributed by atoms with Crippen molar-refractivity contribution in [2.45, 2.75) is 39.2 Å². The first-order chi connectivity index (χ1) is 18.0. The number of piperidine rings is 1. The molecule has 1 aromatic heterocycles. The van der Waals surface area contributed by atoms with Crippen LogP contribution in [0.25, 0.3) is 0 Å². The van der Waals surface area contributed by atoms with Crippen LogP contribution in [-0.4, -0.2) is 23.9 Å². The zero-order valence-electron chi connectivity index (χ0n) is 21.4. The van der Waals surface area contributed by atoms with Crippen LogP contribution in [-0.2, 0) is 6.42 Å². The predicted molar refractivity (Wildman–Crippen MR) is 151 cm³/mol. The van der Waals surface area contributed by atoms with E-state index >= 15 is 0 Å². The van der Waals surface area contributed by atoms with E-state index in [4.69, 9.17) is 0 Å². The lowest BCUT2D eigenvalue weighted by atomic mass is 9.87. The fraction of sp³-hybridized carbons (Fsp3) is 0.281. The Kier molecular flexibility index (Phi) is 7.82. The largest absolute Gasteiger partial charge is 0.313 e. The standard InChI is InChI=1S/C32H33FN2OS/c1-22-23(2)37-32(34-31(36)27-11-7-4-8-12-27)29(22)30(26-13-15-28(33)16-14-26)35-19-17-25(18-20-35)21-24-9-5-3-6-10-24/h3-16,25,30H,17-21H2,1-2H3,(H,34,36). The minimum atomic E-state index is -0.236. The van der Waals surface area contributed by atoms with Crippen LogP contribution in [0.15, 0.2) is 84.9 Å². The summed E-state index contributed by atoms with van der Waals surface area (Å²) in [5.74, 6) is 0.303. The third kappa shape index (κ3) is 5.84. The number of carbonyl (C=O) groups is 1. The number of carbonyl (C=O) groups excluding carboxylic acids is 1. The highest BCUT2D eigenvalue weighted by Crippen LogP contribution is 2.43. The van der Waals surface area contributed by atoms with Crippen LogP contribution in [0.2, 0.25) is 0 Å². The van der Waals surface area contributed by atoms with Crippen LogP contribution in [0.1, 0.15) is 56.4 Å². The second kappa shape index (κ2) is 11.4. The summed E-state index contributed by atoms with van der Waals surface area (Å²) in [5, 5.41) is 4.09. The van der Waals surface area contributed by atoms with Gasteiger partial charge in [0.05, 0.1) is 6.04 Å². The number of rotatable bonds is 7. The van der Waals surface area contributed by atoms with Crippen molar-refractivity contribution in [1.82, 2.24) is 4.90 Å². The van der Waals surface area contributed by atoms with Gasteiger partial charge >= 0.3 is 0 Å². The maximum atomic E-state index is 13.9. The Morgan fingerprint density at radius 1 is 0.946 bits per heavy atom. The Morgan fingerprint density at radius 2 is 1.57 bits per heavy atom. The molecule has 190 valence electrons. The van der Waals surface area contributed by atoms with Crippen molar-refractivity contribution in [3.63, 3.8) is 0 Å². The Morgan fingerprint density at radius 3 is 2.22 bits per heavy atom. The molecule has 0 spiro atoms. The van der Waals surface area contributed by atoms with Gasteiger partial charge in [0.2, 0.25) is 0 Å². The van der Waals surface area contributed by atoms with Gasteiger partial charge < -0.3 is 5.32 Å². The van der Waals surface area contributed by atoms with E-state index in [1.807, 2.05) is 42.5 Å². The molecule has 5 heteroatoms. The number of anilines is 1. The van der Waals surface area contributed by atoms with E-state index in [1.165, 1.54) is 16.0 Å². The average molecular weight is 513 g/mol. The summed E-state index contributed by atoms with van der Waals surface area (Å²) in [6.45, 7) is 6.16. The molecule has 0 bridgehead atoms. The van der Waals surface area contributed by atoms with Crippen molar-refractivity contribution in [3.8, 4) is 0 Å². The van der Waals surface area contributed by atoms with Gasteiger partial charge in [0.1, 0.15) is 10.8 Å². The second-order valence-corrected chi connectivity index (χ2v) is 11.2. The van der Waals surface area contributed by atoms with Crippen molar-refractivity contribution >= 4 is 22.2 Å². The summed E-state index contributed by atoms with van der Waals surface area (Å²) < 4.78 is 13.9. The number of likely N-dealkylation sites (tertiary alicyclic amines) is 1. The summed E-state index contributed by atoms with van der Waals surface area (Å²) in [6.07, 6.45) is 3.33. The number of benzene rings is 3. The molecule has 1 atom stereocenters. The predicted octanol–water partition coefficient (Wildman–Crippen LogP) is 7.80. The third-order valence-electron chi connectivity index (χ3n) is 7.54. The average Bonchev–Trinajstić information content (AvgIpc) is 3.19. The van der Waals surface area contributed by atoms with E-state index in [9.17, 15) is 9.18 Å². The van der Waals surface area contributed by atoms with E-state index in [-0.39, 0.29) is 17.8 Å². The van der Waals surface area contributed by atoms with E-state index in [0.717, 1.165) is 48.5 Å². The summed E-state index contributed by atoms with van der Waals surface area (Å²) in [6, 6.07) is 26.9. The lowest BCUT2D eigenvalue weighted by molar-refractivity contribution is 0.102. The normalized spacial score (nSPS) is 15.4. The van der Waals surface area contributed by atoms with Gasteiger partial charge in [0.15, 0.2) is 0 Å². The lowest BCUT2D eigenvalue weighted by Crippen LogP contribution is -2.38. The van der Waals surface area contributed by atoms with Crippen LogP contribution in [0.4, 0.5) is 9.39 Å². The molecule has 0 saturated carbocycles. The Balaban J connectivity index is 1.44. The first-order valence-corrected chi connectivity index (χ1v) is 13.8. The Labute approximate surface area is 223 Å². The maximum absolute atomic E-state index is 13.9. The van der Waals surface area contributed by atoms with Gasteiger partial charge in [0.25, 0.3) is 5.91 Å². The number of nitrogens with one attached hydrogen (secondary N) is 1. The first-order valence-electron chi connectivity index (χ1n) is 13.0. The zero-order valence-corrected chi connectivity index (χ0v) is 22.2. The highest BCUT2D eigenvalue weighted by molar-refractivity contribution is 7.16. The molecular formula is C32H33FN2OS.